The summed E-state index contributed by atoms with van der Waals surface area (Å²) in [7, 11) is 1.59. The van der Waals surface area contributed by atoms with Gasteiger partial charge in [0.25, 0.3) is 5.91 Å². The molecule has 0 unspecified atom stereocenters. The van der Waals surface area contributed by atoms with E-state index >= 15 is 0 Å². The lowest BCUT2D eigenvalue weighted by molar-refractivity contribution is -0.122. The molecule has 28 heavy (non-hydrogen) atoms. The first-order valence-electron chi connectivity index (χ1n) is 8.71. The minimum Gasteiger partial charge on any atom is -0.497 e. The van der Waals surface area contributed by atoms with Crippen LogP contribution in [0, 0.1) is 11.8 Å². The standard InChI is InChI=1S/C22H20N2O4/c1-26-18-8-10-19(11-9-18)28-16-22(25)24-12-2-3-14-27-20-7-6-17-5-4-13-23-21(17)15-20/h4-11,13,15H,12,14,16H2,1H3,(H,24,25). The van der Waals surface area contributed by atoms with E-state index in [9.17, 15) is 4.79 Å². The molecular weight excluding hydrogens is 356 g/mol. The maximum absolute atomic E-state index is 11.8. The number of methoxy groups -OCH3 is 1. The van der Waals surface area contributed by atoms with Gasteiger partial charge in [0.1, 0.15) is 23.9 Å². The van der Waals surface area contributed by atoms with Crippen LogP contribution in [-0.2, 0) is 4.79 Å². The van der Waals surface area contributed by atoms with Crippen molar-refractivity contribution >= 4 is 16.8 Å². The van der Waals surface area contributed by atoms with Crippen molar-refractivity contribution in [3.05, 3.63) is 60.8 Å². The summed E-state index contributed by atoms with van der Waals surface area (Å²) >= 11 is 0. The molecule has 142 valence electrons. The summed E-state index contributed by atoms with van der Waals surface area (Å²) in [6.45, 7) is 0.387. The molecule has 0 saturated heterocycles. The van der Waals surface area contributed by atoms with Gasteiger partial charge in [-0.25, -0.2) is 0 Å². The molecule has 1 N–H and O–H groups in total. The van der Waals surface area contributed by atoms with Crippen molar-refractivity contribution in [2.75, 3.05) is 26.9 Å². The number of carbonyl (C=O) groups is 1. The number of fused-ring (bicyclic) bond motifs is 1. The third-order valence-electron chi connectivity index (χ3n) is 3.82. The first-order chi connectivity index (χ1) is 13.7. The molecule has 3 aromatic rings. The predicted octanol–water partition coefficient (Wildman–Crippen LogP) is 2.82. The summed E-state index contributed by atoms with van der Waals surface area (Å²) in [4.78, 5) is 16.0. The number of hydrogen-bond donors (Lipinski definition) is 1. The second-order valence-electron chi connectivity index (χ2n) is 5.74. The highest BCUT2D eigenvalue weighted by Crippen LogP contribution is 2.18. The molecule has 6 heteroatoms. The molecule has 0 aliphatic carbocycles. The van der Waals surface area contributed by atoms with Gasteiger partial charge >= 0.3 is 0 Å². The fourth-order valence-electron chi connectivity index (χ4n) is 2.38. The molecule has 0 saturated carbocycles. The van der Waals surface area contributed by atoms with Gasteiger partial charge in [0.2, 0.25) is 0 Å². The second kappa shape index (κ2) is 9.83. The lowest BCUT2D eigenvalue weighted by Gasteiger charge is -2.06. The third-order valence-corrected chi connectivity index (χ3v) is 3.82. The van der Waals surface area contributed by atoms with Crippen LogP contribution in [0.15, 0.2) is 60.8 Å². The van der Waals surface area contributed by atoms with Crippen molar-refractivity contribution < 1.29 is 19.0 Å². The van der Waals surface area contributed by atoms with Gasteiger partial charge in [-0.05, 0) is 42.5 Å². The lowest BCUT2D eigenvalue weighted by Crippen LogP contribution is -2.29. The molecule has 1 aromatic heterocycles. The van der Waals surface area contributed by atoms with Gasteiger partial charge in [-0.2, -0.15) is 0 Å². The number of nitrogens with zero attached hydrogens (tertiary/aromatic N) is 1. The van der Waals surface area contributed by atoms with Crippen LogP contribution < -0.4 is 19.5 Å². The van der Waals surface area contributed by atoms with Crippen molar-refractivity contribution in [2.45, 2.75) is 0 Å². The minimum absolute atomic E-state index is 0.0748. The molecule has 1 heterocycles. The Morgan fingerprint density at radius 1 is 1.00 bits per heavy atom. The third kappa shape index (κ3) is 5.64. The second-order valence-corrected chi connectivity index (χ2v) is 5.74. The number of aromatic nitrogens is 1. The summed E-state index contributed by atoms with van der Waals surface area (Å²) in [5, 5.41) is 3.73. The Bertz CT molecular complexity index is 991. The maximum Gasteiger partial charge on any atom is 0.258 e. The quantitative estimate of drug-likeness (QED) is 0.642. The Hall–Kier alpha value is -3.72. The van der Waals surface area contributed by atoms with E-state index in [0.717, 1.165) is 16.7 Å². The number of nitrogens with one attached hydrogen (secondary N) is 1. The van der Waals surface area contributed by atoms with Gasteiger partial charge in [0.15, 0.2) is 6.61 Å². The topological polar surface area (TPSA) is 69.7 Å². The zero-order valence-corrected chi connectivity index (χ0v) is 15.5. The average molecular weight is 376 g/mol. The predicted molar refractivity (Wildman–Crippen MR) is 107 cm³/mol. The molecule has 0 radical (unpaired) electrons. The van der Waals surface area contributed by atoms with Crippen LogP contribution in [0.3, 0.4) is 0 Å². The van der Waals surface area contributed by atoms with E-state index in [1.165, 1.54) is 0 Å². The zero-order valence-electron chi connectivity index (χ0n) is 15.5. The molecule has 0 atom stereocenters. The molecule has 1 amide bonds. The van der Waals surface area contributed by atoms with Crippen LogP contribution in [0.5, 0.6) is 17.2 Å². The fraction of sp³-hybridized carbons (Fsp3) is 0.182. The molecule has 6 nitrogen and oxygen atoms in total. The summed E-state index contributed by atoms with van der Waals surface area (Å²) < 4.78 is 16.0. The number of hydrogen-bond acceptors (Lipinski definition) is 5. The van der Waals surface area contributed by atoms with Gasteiger partial charge in [0.05, 0.1) is 19.2 Å². The van der Waals surface area contributed by atoms with Crippen LogP contribution in [0.4, 0.5) is 0 Å². The highest BCUT2D eigenvalue weighted by molar-refractivity contribution is 5.79. The van der Waals surface area contributed by atoms with E-state index in [1.807, 2.05) is 30.3 Å². The first kappa shape index (κ1) is 19.1. The Morgan fingerprint density at radius 3 is 2.61 bits per heavy atom. The Kier molecular flexibility index (Phi) is 6.69. The molecule has 0 fully saturated rings. The summed E-state index contributed by atoms with van der Waals surface area (Å²) in [5.41, 5.74) is 0.872. The number of carbonyl (C=O) groups excluding carboxylic acids is 1. The first-order valence-corrected chi connectivity index (χ1v) is 8.71. The number of amides is 1. The van der Waals surface area contributed by atoms with Gasteiger partial charge < -0.3 is 19.5 Å². The average Bonchev–Trinajstić information content (AvgIpc) is 2.75. The Balaban J connectivity index is 1.35. The van der Waals surface area contributed by atoms with Crippen molar-refractivity contribution in [1.82, 2.24) is 10.3 Å². The SMILES string of the molecule is COc1ccc(OCC(=O)NCC#CCOc2ccc3cccnc3c2)cc1. The highest BCUT2D eigenvalue weighted by atomic mass is 16.5. The van der Waals surface area contributed by atoms with E-state index in [0.29, 0.717) is 11.5 Å². The largest absolute Gasteiger partial charge is 0.497 e. The van der Waals surface area contributed by atoms with Crippen molar-refractivity contribution in [3.63, 3.8) is 0 Å². The number of pyridine rings is 1. The Labute approximate surface area is 163 Å². The summed E-state index contributed by atoms with van der Waals surface area (Å²) in [6.07, 6.45) is 1.74. The smallest absolute Gasteiger partial charge is 0.258 e. The van der Waals surface area contributed by atoms with Crippen molar-refractivity contribution in [2.24, 2.45) is 0 Å². The number of ether oxygens (including phenoxy) is 3. The van der Waals surface area contributed by atoms with E-state index < -0.39 is 0 Å². The molecule has 0 spiro atoms. The van der Waals surface area contributed by atoms with Gasteiger partial charge in [-0.3, -0.25) is 9.78 Å². The summed E-state index contributed by atoms with van der Waals surface area (Å²) in [6, 6.07) is 16.6. The number of rotatable bonds is 7. The Morgan fingerprint density at radius 2 is 1.79 bits per heavy atom. The molecule has 0 bridgehead atoms. The van der Waals surface area contributed by atoms with Crippen LogP contribution in [0.1, 0.15) is 0 Å². The molecule has 0 aliphatic rings. The monoisotopic (exact) mass is 376 g/mol. The van der Waals surface area contributed by atoms with E-state index in [1.54, 1.807) is 37.6 Å². The van der Waals surface area contributed by atoms with Crippen LogP contribution in [0.25, 0.3) is 10.9 Å². The van der Waals surface area contributed by atoms with E-state index in [-0.39, 0.29) is 25.7 Å². The zero-order chi connectivity index (χ0) is 19.6. The van der Waals surface area contributed by atoms with Gasteiger partial charge in [-0.1, -0.05) is 17.9 Å². The normalized spacial score (nSPS) is 9.89. The molecule has 3 rings (SSSR count). The minimum atomic E-state index is -0.244. The molecule has 2 aromatic carbocycles. The van der Waals surface area contributed by atoms with E-state index in [4.69, 9.17) is 14.2 Å². The molecular formula is C22H20N2O4. The van der Waals surface area contributed by atoms with Crippen LogP contribution >= 0.6 is 0 Å². The number of benzene rings is 2. The van der Waals surface area contributed by atoms with Gasteiger partial charge in [-0.15, -0.1) is 0 Å². The van der Waals surface area contributed by atoms with Crippen molar-refractivity contribution in [1.29, 1.82) is 0 Å². The molecule has 0 aliphatic heterocycles. The fourth-order valence-corrected chi connectivity index (χ4v) is 2.38. The van der Waals surface area contributed by atoms with Gasteiger partial charge in [0, 0.05) is 17.6 Å². The maximum atomic E-state index is 11.8. The highest BCUT2D eigenvalue weighted by Gasteiger charge is 2.01. The summed E-state index contributed by atoms with van der Waals surface area (Å²) in [5.74, 6) is 7.49. The van der Waals surface area contributed by atoms with Crippen molar-refractivity contribution in [3.8, 4) is 29.1 Å². The van der Waals surface area contributed by atoms with Crippen LogP contribution in [-0.4, -0.2) is 37.8 Å². The van der Waals surface area contributed by atoms with E-state index in [2.05, 4.69) is 22.1 Å². The van der Waals surface area contributed by atoms with Crippen LogP contribution in [0.2, 0.25) is 0 Å². The lowest BCUT2D eigenvalue weighted by atomic mass is 10.2.